The molecule has 0 saturated carbocycles. The van der Waals surface area contributed by atoms with Gasteiger partial charge in [-0.1, -0.05) is 0 Å². The monoisotopic (exact) mass is 285 g/mol. The Labute approximate surface area is 113 Å². The van der Waals surface area contributed by atoms with Crippen molar-refractivity contribution in [3.05, 3.63) is 18.3 Å². The van der Waals surface area contributed by atoms with E-state index in [1.54, 1.807) is 19.2 Å². The second-order valence-corrected chi connectivity index (χ2v) is 6.11. The zero-order valence-electron chi connectivity index (χ0n) is 10.9. The van der Waals surface area contributed by atoms with Crippen molar-refractivity contribution >= 4 is 15.7 Å². The lowest BCUT2D eigenvalue weighted by atomic mass is 10.2. The number of nitrogens with one attached hydrogen (secondary N) is 2. The van der Waals surface area contributed by atoms with E-state index in [0.29, 0.717) is 18.7 Å². The van der Waals surface area contributed by atoms with Crippen molar-refractivity contribution in [2.24, 2.45) is 0 Å². The Hall–Kier alpha value is -1.18. The van der Waals surface area contributed by atoms with E-state index in [2.05, 4.69) is 15.0 Å². The maximum absolute atomic E-state index is 12.1. The van der Waals surface area contributed by atoms with E-state index in [1.807, 2.05) is 0 Å². The summed E-state index contributed by atoms with van der Waals surface area (Å²) in [5.74, 6) is 0. The van der Waals surface area contributed by atoms with Gasteiger partial charge in [-0.25, -0.2) is 18.1 Å². The van der Waals surface area contributed by atoms with Crippen LogP contribution in [0.15, 0.2) is 23.4 Å². The maximum Gasteiger partial charge on any atom is 0.260 e. The number of sulfonamides is 1. The summed E-state index contributed by atoms with van der Waals surface area (Å²) in [6.07, 6.45) is 4.40. The second-order valence-electron chi connectivity index (χ2n) is 4.43. The number of anilines is 1. The van der Waals surface area contributed by atoms with Gasteiger partial charge >= 0.3 is 0 Å². The number of hydrogen-bond acceptors (Lipinski definition) is 5. The first-order valence-corrected chi connectivity index (χ1v) is 7.86. The molecule has 19 heavy (non-hydrogen) atoms. The number of hydrogen-bond donors (Lipinski definition) is 2. The average molecular weight is 285 g/mol. The van der Waals surface area contributed by atoms with Crippen LogP contribution in [0.25, 0.3) is 0 Å². The average Bonchev–Trinajstić information content (AvgIpc) is 2.91. The highest BCUT2D eigenvalue weighted by molar-refractivity contribution is 7.89. The molecule has 2 heterocycles. The standard InChI is InChI=1S/C12H19N3O3S/c1-13-11-5-2-7-14-12(11)19(16,17)15-8-6-10-4-3-9-18-10/h2,5,7,10,13,15H,3-4,6,8-9H2,1H3. The topological polar surface area (TPSA) is 80.3 Å². The van der Waals surface area contributed by atoms with Crippen LogP contribution < -0.4 is 10.0 Å². The molecule has 1 aliphatic heterocycles. The molecule has 0 spiro atoms. The minimum absolute atomic E-state index is 0.0323. The van der Waals surface area contributed by atoms with Crippen LogP contribution in [0.5, 0.6) is 0 Å². The van der Waals surface area contributed by atoms with Crippen LogP contribution in [0, 0.1) is 0 Å². The van der Waals surface area contributed by atoms with Crippen LogP contribution in [0.1, 0.15) is 19.3 Å². The molecule has 1 unspecified atom stereocenters. The summed E-state index contributed by atoms with van der Waals surface area (Å²) in [7, 11) is -1.90. The number of ether oxygens (including phenoxy) is 1. The molecule has 0 radical (unpaired) electrons. The summed E-state index contributed by atoms with van der Waals surface area (Å²) in [6, 6.07) is 3.37. The Morgan fingerprint density at radius 2 is 2.37 bits per heavy atom. The highest BCUT2D eigenvalue weighted by atomic mass is 32.2. The molecule has 1 aliphatic rings. The van der Waals surface area contributed by atoms with E-state index in [0.717, 1.165) is 19.4 Å². The summed E-state index contributed by atoms with van der Waals surface area (Å²) in [6.45, 7) is 1.15. The Morgan fingerprint density at radius 1 is 1.53 bits per heavy atom. The minimum Gasteiger partial charge on any atom is -0.386 e. The molecular formula is C12H19N3O3S. The highest BCUT2D eigenvalue weighted by Gasteiger charge is 2.21. The zero-order chi connectivity index (χ0) is 13.7. The van der Waals surface area contributed by atoms with Crippen molar-refractivity contribution in [3.63, 3.8) is 0 Å². The van der Waals surface area contributed by atoms with E-state index >= 15 is 0 Å². The second kappa shape index (κ2) is 6.31. The largest absolute Gasteiger partial charge is 0.386 e. The Bertz CT molecular complexity index is 513. The van der Waals surface area contributed by atoms with E-state index < -0.39 is 10.0 Å². The predicted molar refractivity (Wildman–Crippen MR) is 72.6 cm³/mol. The quantitative estimate of drug-likeness (QED) is 0.814. The van der Waals surface area contributed by atoms with Crippen LogP contribution >= 0.6 is 0 Å². The van der Waals surface area contributed by atoms with Gasteiger partial charge in [0.1, 0.15) is 0 Å². The third kappa shape index (κ3) is 3.65. The van der Waals surface area contributed by atoms with Crippen LogP contribution in [0.4, 0.5) is 5.69 Å². The molecule has 1 fully saturated rings. The zero-order valence-corrected chi connectivity index (χ0v) is 11.7. The van der Waals surface area contributed by atoms with Crippen molar-refractivity contribution in [1.82, 2.24) is 9.71 Å². The van der Waals surface area contributed by atoms with Gasteiger partial charge in [0.15, 0.2) is 5.03 Å². The third-order valence-corrected chi connectivity index (χ3v) is 4.50. The van der Waals surface area contributed by atoms with E-state index in [4.69, 9.17) is 4.74 Å². The third-order valence-electron chi connectivity index (χ3n) is 3.08. The van der Waals surface area contributed by atoms with Crippen molar-refractivity contribution in [2.75, 3.05) is 25.5 Å². The summed E-state index contributed by atoms with van der Waals surface area (Å²) < 4.78 is 32.3. The maximum atomic E-state index is 12.1. The van der Waals surface area contributed by atoms with Gasteiger partial charge in [-0.15, -0.1) is 0 Å². The van der Waals surface area contributed by atoms with Gasteiger partial charge in [0.25, 0.3) is 10.0 Å². The summed E-state index contributed by atoms with van der Waals surface area (Å²) in [5.41, 5.74) is 0.493. The molecule has 0 amide bonds. The van der Waals surface area contributed by atoms with Crippen molar-refractivity contribution in [2.45, 2.75) is 30.4 Å². The van der Waals surface area contributed by atoms with Gasteiger partial charge in [-0.05, 0) is 31.4 Å². The molecule has 2 rings (SSSR count). The van der Waals surface area contributed by atoms with Gasteiger partial charge in [0.05, 0.1) is 11.8 Å². The van der Waals surface area contributed by atoms with E-state index in [9.17, 15) is 8.42 Å². The Morgan fingerprint density at radius 3 is 3.05 bits per heavy atom. The van der Waals surface area contributed by atoms with Crippen molar-refractivity contribution in [3.8, 4) is 0 Å². The molecule has 2 N–H and O–H groups in total. The number of nitrogens with zero attached hydrogens (tertiary/aromatic N) is 1. The molecule has 0 aromatic carbocycles. The Balaban J connectivity index is 1.97. The molecule has 6 nitrogen and oxygen atoms in total. The summed E-state index contributed by atoms with van der Waals surface area (Å²) >= 11 is 0. The van der Waals surface area contributed by atoms with Crippen LogP contribution in [-0.4, -0.2) is 39.7 Å². The van der Waals surface area contributed by atoms with Gasteiger partial charge < -0.3 is 10.1 Å². The molecule has 7 heteroatoms. The minimum atomic E-state index is -3.57. The van der Waals surface area contributed by atoms with Crippen molar-refractivity contribution < 1.29 is 13.2 Å². The smallest absolute Gasteiger partial charge is 0.260 e. The molecule has 0 bridgehead atoms. The molecule has 1 aromatic rings. The van der Waals surface area contributed by atoms with Crippen molar-refractivity contribution in [1.29, 1.82) is 0 Å². The summed E-state index contributed by atoms with van der Waals surface area (Å²) in [4.78, 5) is 3.93. The van der Waals surface area contributed by atoms with Gasteiger partial charge in [-0.3, -0.25) is 0 Å². The fourth-order valence-corrected chi connectivity index (χ4v) is 3.27. The van der Waals surface area contributed by atoms with Crippen LogP contribution in [-0.2, 0) is 14.8 Å². The lowest BCUT2D eigenvalue weighted by Crippen LogP contribution is -2.28. The fourth-order valence-electron chi connectivity index (χ4n) is 2.09. The number of aromatic nitrogens is 1. The molecule has 106 valence electrons. The van der Waals surface area contributed by atoms with E-state index in [1.165, 1.54) is 6.20 Å². The van der Waals surface area contributed by atoms with Gasteiger partial charge in [-0.2, -0.15) is 0 Å². The van der Waals surface area contributed by atoms with E-state index in [-0.39, 0.29) is 11.1 Å². The first-order valence-electron chi connectivity index (χ1n) is 6.37. The number of rotatable bonds is 6. The molecule has 0 aliphatic carbocycles. The summed E-state index contributed by atoms with van der Waals surface area (Å²) in [5, 5.41) is 2.86. The molecule has 1 aromatic heterocycles. The van der Waals surface area contributed by atoms with Gasteiger partial charge in [0.2, 0.25) is 0 Å². The lowest BCUT2D eigenvalue weighted by Gasteiger charge is -2.12. The fraction of sp³-hybridized carbons (Fsp3) is 0.583. The first-order chi connectivity index (χ1) is 9.13. The Kier molecular flexibility index (Phi) is 4.73. The SMILES string of the molecule is CNc1cccnc1S(=O)(=O)NCCC1CCCO1. The highest BCUT2D eigenvalue weighted by Crippen LogP contribution is 2.18. The molecule has 1 saturated heterocycles. The van der Waals surface area contributed by atoms with Crippen LogP contribution in [0.2, 0.25) is 0 Å². The number of pyridine rings is 1. The first kappa shape index (κ1) is 14.2. The predicted octanol–water partition coefficient (Wildman–Crippen LogP) is 0.971. The normalized spacial score (nSPS) is 19.5. The molecular weight excluding hydrogens is 266 g/mol. The lowest BCUT2D eigenvalue weighted by molar-refractivity contribution is 0.105. The van der Waals surface area contributed by atoms with Crippen LogP contribution in [0.3, 0.4) is 0 Å². The van der Waals surface area contributed by atoms with Gasteiger partial charge in [0, 0.05) is 26.4 Å². The molecule has 1 atom stereocenters.